The average Bonchev–Trinajstić information content (AvgIpc) is 3.13. The molecule has 0 radical (unpaired) electrons. The molecule has 0 fully saturated rings. The summed E-state index contributed by atoms with van der Waals surface area (Å²) in [5.41, 5.74) is 1.25. The molecule has 3 aromatic rings. The number of allylic oxidation sites excluding steroid dienone is 1. The number of rotatable bonds is 5. The number of nitrogens with zero attached hydrogens (tertiary/aromatic N) is 5. The SMILES string of the molecule is C=CCn1c(Sc2snc(Cl)c2C#N)nnc1-c1ccc(Cl)cc1. The zero-order valence-corrected chi connectivity index (χ0v) is 15.3. The number of aromatic nitrogens is 4. The van der Waals surface area contributed by atoms with Gasteiger partial charge in [0.2, 0.25) is 0 Å². The highest BCUT2D eigenvalue weighted by molar-refractivity contribution is 8.01. The van der Waals surface area contributed by atoms with Crippen LogP contribution in [0.25, 0.3) is 11.4 Å². The van der Waals surface area contributed by atoms with Crippen molar-refractivity contribution >= 4 is 46.5 Å². The highest BCUT2D eigenvalue weighted by Gasteiger charge is 2.19. The van der Waals surface area contributed by atoms with Crippen molar-refractivity contribution in [3.05, 3.63) is 52.7 Å². The predicted molar refractivity (Wildman–Crippen MR) is 96.6 cm³/mol. The molecular formula is C15H9Cl2N5S2. The highest BCUT2D eigenvalue weighted by atomic mass is 35.5. The van der Waals surface area contributed by atoms with Crippen molar-refractivity contribution < 1.29 is 0 Å². The number of hydrogen-bond acceptors (Lipinski definition) is 6. The van der Waals surface area contributed by atoms with E-state index in [0.717, 1.165) is 17.1 Å². The molecule has 0 aliphatic rings. The van der Waals surface area contributed by atoms with E-state index in [1.54, 1.807) is 18.2 Å². The molecule has 24 heavy (non-hydrogen) atoms. The molecular weight excluding hydrogens is 385 g/mol. The van der Waals surface area contributed by atoms with E-state index < -0.39 is 0 Å². The first-order chi connectivity index (χ1) is 11.6. The van der Waals surface area contributed by atoms with Crippen molar-refractivity contribution in [3.8, 4) is 17.5 Å². The van der Waals surface area contributed by atoms with E-state index in [1.807, 2.05) is 16.7 Å². The van der Waals surface area contributed by atoms with Crippen LogP contribution in [0.5, 0.6) is 0 Å². The minimum atomic E-state index is 0.206. The Balaban J connectivity index is 2.01. The molecule has 0 amide bonds. The number of hydrogen-bond donors (Lipinski definition) is 0. The number of halogens is 2. The van der Waals surface area contributed by atoms with Gasteiger partial charge in [-0.2, -0.15) is 9.64 Å². The fourth-order valence-corrected chi connectivity index (χ4v) is 4.19. The molecule has 3 rings (SSSR count). The van der Waals surface area contributed by atoms with Crippen LogP contribution < -0.4 is 0 Å². The zero-order chi connectivity index (χ0) is 17.1. The second-order valence-corrected chi connectivity index (χ2v) is 7.37. The van der Waals surface area contributed by atoms with Crippen LogP contribution in [0.4, 0.5) is 0 Å². The first kappa shape index (κ1) is 17.0. The summed E-state index contributed by atoms with van der Waals surface area (Å²) in [6.07, 6.45) is 1.76. The van der Waals surface area contributed by atoms with Gasteiger partial charge in [-0.1, -0.05) is 29.3 Å². The van der Waals surface area contributed by atoms with Gasteiger partial charge in [-0.25, -0.2) is 0 Å². The molecule has 0 aliphatic carbocycles. The van der Waals surface area contributed by atoms with Gasteiger partial charge in [0.15, 0.2) is 16.1 Å². The quantitative estimate of drug-likeness (QED) is 0.575. The molecule has 0 saturated heterocycles. The maximum Gasteiger partial charge on any atom is 0.197 e. The summed E-state index contributed by atoms with van der Waals surface area (Å²) in [5, 5.41) is 19.2. The Labute approximate surface area is 156 Å². The van der Waals surface area contributed by atoms with Gasteiger partial charge in [-0.3, -0.25) is 4.57 Å². The van der Waals surface area contributed by atoms with Gasteiger partial charge >= 0.3 is 0 Å². The van der Waals surface area contributed by atoms with E-state index in [9.17, 15) is 5.26 Å². The summed E-state index contributed by atoms with van der Waals surface area (Å²) in [6.45, 7) is 4.31. The van der Waals surface area contributed by atoms with Crippen LogP contribution in [-0.4, -0.2) is 19.1 Å². The van der Waals surface area contributed by atoms with Crippen LogP contribution in [0.2, 0.25) is 10.2 Å². The molecule has 2 heterocycles. The Morgan fingerprint density at radius 2 is 2.04 bits per heavy atom. The Hall–Kier alpha value is -1.85. The number of benzene rings is 1. The number of nitriles is 1. The van der Waals surface area contributed by atoms with Crippen molar-refractivity contribution in [1.29, 1.82) is 5.26 Å². The van der Waals surface area contributed by atoms with Crippen LogP contribution in [-0.2, 0) is 6.54 Å². The third-order valence-corrected chi connectivity index (χ3v) is 5.66. The van der Waals surface area contributed by atoms with Gasteiger partial charge in [-0.15, -0.1) is 16.8 Å². The minimum Gasteiger partial charge on any atom is -0.298 e. The van der Waals surface area contributed by atoms with Crippen LogP contribution in [0.1, 0.15) is 5.56 Å². The normalized spacial score (nSPS) is 10.5. The Morgan fingerprint density at radius 3 is 2.71 bits per heavy atom. The van der Waals surface area contributed by atoms with Crippen LogP contribution in [0, 0.1) is 11.3 Å². The lowest BCUT2D eigenvalue weighted by molar-refractivity contribution is 0.731. The lowest BCUT2D eigenvalue weighted by Crippen LogP contribution is -2.00. The third kappa shape index (κ3) is 3.32. The fraction of sp³-hybridized carbons (Fsp3) is 0.0667. The molecule has 0 saturated carbocycles. The van der Waals surface area contributed by atoms with Crippen LogP contribution in [0.15, 0.2) is 46.3 Å². The molecule has 0 spiro atoms. The van der Waals surface area contributed by atoms with Gasteiger partial charge in [-0.05, 0) is 47.6 Å². The molecule has 5 nitrogen and oxygen atoms in total. The molecule has 0 atom stereocenters. The largest absolute Gasteiger partial charge is 0.298 e. The summed E-state index contributed by atoms with van der Waals surface area (Å²) < 4.78 is 6.60. The molecule has 1 aromatic carbocycles. The maximum absolute atomic E-state index is 9.20. The minimum absolute atomic E-state index is 0.206. The fourth-order valence-electron chi connectivity index (χ4n) is 1.97. The van der Waals surface area contributed by atoms with Crippen LogP contribution >= 0.6 is 46.5 Å². The molecule has 0 aliphatic heterocycles. The summed E-state index contributed by atoms with van der Waals surface area (Å²) >= 11 is 14.3. The Kier molecular flexibility index (Phi) is 5.21. The first-order valence-electron chi connectivity index (χ1n) is 6.67. The summed E-state index contributed by atoms with van der Waals surface area (Å²) in [7, 11) is 0. The van der Waals surface area contributed by atoms with Gasteiger partial charge in [0, 0.05) is 17.1 Å². The first-order valence-corrected chi connectivity index (χ1v) is 9.01. The maximum atomic E-state index is 9.20. The summed E-state index contributed by atoms with van der Waals surface area (Å²) in [6, 6.07) is 9.42. The zero-order valence-electron chi connectivity index (χ0n) is 12.1. The van der Waals surface area contributed by atoms with E-state index >= 15 is 0 Å². The smallest absolute Gasteiger partial charge is 0.197 e. The van der Waals surface area contributed by atoms with E-state index in [4.69, 9.17) is 23.2 Å². The predicted octanol–water partition coefficient (Wildman–Crippen LogP) is 4.92. The third-order valence-electron chi connectivity index (χ3n) is 3.05. The second-order valence-electron chi connectivity index (χ2n) is 4.56. The van der Waals surface area contributed by atoms with Crippen molar-refractivity contribution in [2.24, 2.45) is 0 Å². The monoisotopic (exact) mass is 393 g/mol. The summed E-state index contributed by atoms with van der Waals surface area (Å²) in [5.74, 6) is 0.697. The van der Waals surface area contributed by atoms with E-state index in [0.29, 0.717) is 32.3 Å². The Morgan fingerprint density at radius 1 is 1.29 bits per heavy atom. The second kappa shape index (κ2) is 7.36. The molecule has 0 unspecified atom stereocenters. The van der Waals surface area contributed by atoms with Crippen molar-refractivity contribution in [2.45, 2.75) is 15.9 Å². The van der Waals surface area contributed by atoms with E-state index in [2.05, 4.69) is 27.2 Å². The van der Waals surface area contributed by atoms with Crippen molar-refractivity contribution in [2.75, 3.05) is 0 Å². The van der Waals surface area contributed by atoms with Crippen LogP contribution in [0.3, 0.4) is 0 Å². The van der Waals surface area contributed by atoms with E-state index in [1.165, 1.54) is 11.8 Å². The standard InChI is InChI=1S/C15H9Cl2N5S2/c1-2-7-22-13(9-3-5-10(16)6-4-9)19-20-15(22)23-14-11(8-18)12(17)21-24-14/h2-6H,1,7H2. The molecule has 0 N–H and O–H groups in total. The Bertz CT molecular complexity index is 924. The van der Waals surface area contributed by atoms with Gasteiger partial charge < -0.3 is 0 Å². The van der Waals surface area contributed by atoms with E-state index in [-0.39, 0.29) is 5.15 Å². The summed E-state index contributed by atoms with van der Waals surface area (Å²) in [4.78, 5) is 0. The molecule has 2 aromatic heterocycles. The lowest BCUT2D eigenvalue weighted by Gasteiger charge is -2.07. The topological polar surface area (TPSA) is 67.4 Å². The van der Waals surface area contributed by atoms with Gasteiger partial charge in [0.1, 0.15) is 15.8 Å². The highest BCUT2D eigenvalue weighted by Crippen LogP contribution is 2.37. The molecule has 0 bridgehead atoms. The molecule has 120 valence electrons. The van der Waals surface area contributed by atoms with Gasteiger partial charge in [0.05, 0.1) is 0 Å². The molecule has 9 heteroatoms. The van der Waals surface area contributed by atoms with Crippen molar-refractivity contribution in [3.63, 3.8) is 0 Å². The van der Waals surface area contributed by atoms with Gasteiger partial charge in [0.25, 0.3) is 0 Å². The lowest BCUT2D eigenvalue weighted by atomic mass is 10.2. The average molecular weight is 394 g/mol. The van der Waals surface area contributed by atoms with Crippen molar-refractivity contribution in [1.82, 2.24) is 19.1 Å².